The molecule has 2 unspecified atom stereocenters. The van der Waals surface area contributed by atoms with Gasteiger partial charge in [-0.2, -0.15) is 5.10 Å². The van der Waals surface area contributed by atoms with Crippen LogP contribution in [0.5, 0.6) is 5.75 Å². The van der Waals surface area contributed by atoms with Gasteiger partial charge in [0.1, 0.15) is 17.3 Å². The molecule has 2 heterocycles. The van der Waals surface area contributed by atoms with Gasteiger partial charge in [-0.05, 0) is 55.2 Å². The third-order valence-corrected chi connectivity index (χ3v) is 7.61. The number of aromatic amines is 1. The number of aliphatic hydroxyl groups is 1. The van der Waals surface area contributed by atoms with Gasteiger partial charge in [-0.1, -0.05) is 18.6 Å². The molecule has 1 fully saturated rings. The van der Waals surface area contributed by atoms with Crippen LogP contribution in [0.4, 0.5) is 13.2 Å². The molecule has 3 N–H and O–H groups in total. The molecule has 1 aliphatic carbocycles. The Hall–Kier alpha value is -4.31. The highest BCUT2D eigenvalue weighted by Crippen LogP contribution is 2.50. The largest absolute Gasteiger partial charge is 0.494 e. The van der Waals surface area contributed by atoms with E-state index in [0.717, 1.165) is 0 Å². The van der Waals surface area contributed by atoms with Gasteiger partial charge >= 0.3 is 5.97 Å². The molecule has 7 nitrogen and oxygen atoms in total. The molecule has 1 saturated carbocycles. The zero-order valence-corrected chi connectivity index (χ0v) is 20.8. The van der Waals surface area contributed by atoms with Crippen LogP contribution in [-0.4, -0.2) is 44.2 Å². The maximum absolute atomic E-state index is 16.3. The van der Waals surface area contributed by atoms with Crippen LogP contribution in [0.25, 0.3) is 38.6 Å². The quantitative estimate of drug-likeness (QED) is 0.247. The number of methoxy groups -OCH3 is 1. The number of nitrogens with zero attached hydrogens (tertiary/aromatic N) is 2. The minimum absolute atomic E-state index is 0.0171. The number of ether oxygens (including phenoxy) is 1. The Morgan fingerprint density at radius 2 is 1.92 bits per heavy atom. The summed E-state index contributed by atoms with van der Waals surface area (Å²) in [6, 6.07) is 11.5. The highest BCUT2D eigenvalue weighted by atomic mass is 19.1. The molecule has 0 aliphatic heterocycles. The first-order valence-corrected chi connectivity index (χ1v) is 12.5. The van der Waals surface area contributed by atoms with Crippen LogP contribution in [0.15, 0.2) is 54.7 Å². The number of hydrogen-bond donors (Lipinski definition) is 3. The van der Waals surface area contributed by atoms with E-state index in [1.807, 2.05) is 0 Å². The highest BCUT2D eigenvalue weighted by Gasteiger charge is 2.46. The second-order valence-corrected chi connectivity index (χ2v) is 9.82. The molecular weight excluding hydrogens is 511 g/mol. The minimum Gasteiger partial charge on any atom is -0.494 e. The first kappa shape index (κ1) is 25.0. The third kappa shape index (κ3) is 3.77. The van der Waals surface area contributed by atoms with Gasteiger partial charge in [0.2, 0.25) is 0 Å². The summed E-state index contributed by atoms with van der Waals surface area (Å²) < 4.78 is 53.3. The minimum atomic E-state index is -2.02. The van der Waals surface area contributed by atoms with Crippen molar-refractivity contribution >= 4 is 27.8 Å². The summed E-state index contributed by atoms with van der Waals surface area (Å²) >= 11 is 0. The topological polar surface area (TPSA) is 100 Å². The number of carbonyl (C=O) groups is 1. The van der Waals surface area contributed by atoms with Gasteiger partial charge in [0, 0.05) is 28.1 Å². The van der Waals surface area contributed by atoms with Gasteiger partial charge in [0.15, 0.2) is 17.4 Å². The van der Waals surface area contributed by atoms with Gasteiger partial charge in [0.05, 0.1) is 30.1 Å². The van der Waals surface area contributed by atoms with Crippen molar-refractivity contribution < 1.29 is 32.9 Å². The summed E-state index contributed by atoms with van der Waals surface area (Å²) in [6.07, 6.45) is 1.09. The van der Waals surface area contributed by atoms with E-state index in [-0.39, 0.29) is 46.3 Å². The van der Waals surface area contributed by atoms with E-state index in [4.69, 9.17) is 4.74 Å². The molecule has 0 radical (unpaired) electrons. The first-order valence-electron chi connectivity index (χ1n) is 12.5. The Bertz CT molecular complexity index is 1740. The van der Waals surface area contributed by atoms with Crippen molar-refractivity contribution in [2.24, 2.45) is 0 Å². The predicted molar refractivity (Wildman–Crippen MR) is 139 cm³/mol. The number of carboxylic acids is 1. The van der Waals surface area contributed by atoms with Crippen LogP contribution in [0.1, 0.15) is 41.7 Å². The lowest BCUT2D eigenvalue weighted by Crippen LogP contribution is -2.41. The molecule has 6 rings (SSSR count). The molecular formula is C29H24F3N3O4. The zero-order chi connectivity index (χ0) is 27.5. The van der Waals surface area contributed by atoms with E-state index in [1.54, 1.807) is 10.6 Å². The van der Waals surface area contributed by atoms with Crippen LogP contribution in [0.2, 0.25) is 0 Å². The third-order valence-electron chi connectivity index (χ3n) is 7.61. The Morgan fingerprint density at radius 3 is 2.62 bits per heavy atom. The molecule has 0 amide bonds. The van der Waals surface area contributed by atoms with Crippen molar-refractivity contribution in [2.75, 3.05) is 7.11 Å². The maximum Gasteiger partial charge on any atom is 0.335 e. The van der Waals surface area contributed by atoms with Gasteiger partial charge in [0.25, 0.3) is 0 Å². The average molecular weight is 536 g/mol. The van der Waals surface area contributed by atoms with Crippen molar-refractivity contribution in [1.82, 2.24) is 14.8 Å². The van der Waals surface area contributed by atoms with Gasteiger partial charge < -0.3 is 19.5 Å². The van der Waals surface area contributed by atoms with Gasteiger partial charge in [-0.3, -0.25) is 5.10 Å². The second-order valence-electron chi connectivity index (χ2n) is 9.82. The molecule has 0 spiro atoms. The number of rotatable bonds is 5. The Morgan fingerprint density at radius 1 is 1.15 bits per heavy atom. The van der Waals surface area contributed by atoms with E-state index in [0.29, 0.717) is 35.0 Å². The molecule has 10 heteroatoms. The van der Waals surface area contributed by atoms with E-state index in [1.165, 1.54) is 55.8 Å². The molecule has 1 aliphatic rings. The number of fused-ring (bicyclic) bond motifs is 2. The molecule has 0 saturated heterocycles. The number of hydrogen-bond acceptors (Lipinski definition) is 4. The number of nitrogens with one attached hydrogen (secondary N) is 1. The van der Waals surface area contributed by atoms with Gasteiger partial charge in [-0.15, -0.1) is 0 Å². The number of carboxylic acid groups (broad SMARTS) is 1. The fraction of sp³-hybridized carbons (Fsp3) is 0.241. The number of benzene rings is 3. The summed E-state index contributed by atoms with van der Waals surface area (Å²) in [7, 11) is 1.31. The van der Waals surface area contributed by atoms with Crippen LogP contribution in [-0.2, 0) is 5.60 Å². The average Bonchev–Trinajstić information content (AvgIpc) is 3.54. The van der Waals surface area contributed by atoms with Gasteiger partial charge in [-0.25, -0.2) is 18.0 Å². The standard InChI is InChI=1S/C29H24F3N3O4/c1-39-21-13-18(9-10-19(21)30)35-20-12-17-14-33-34-26(17)25(32)24(20)23(15-5-7-16(8-6-15)28(36)37)27(35)29(38)11-3-2-4-22(29)31/h5-10,12-14,22,38H,2-4,11H2,1H3,(H,33,34)(H,36,37). The summed E-state index contributed by atoms with van der Waals surface area (Å²) in [5, 5.41) is 28.6. The van der Waals surface area contributed by atoms with Crippen LogP contribution >= 0.6 is 0 Å². The lowest BCUT2D eigenvalue weighted by atomic mass is 9.78. The fourth-order valence-electron chi connectivity index (χ4n) is 5.71. The lowest BCUT2D eigenvalue weighted by molar-refractivity contribution is -0.0721. The van der Waals surface area contributed by atoms with Crippen molar-refractivity contribution in [3.05, 3.63) is 77.6 Å². The molecule has 39 heavy (non-hydrogen) atoms. The smallest absolute Gasteiger partial charge is 0.335 e. The summed E-state index contributed by atoms with van der Waals surface area (Å²) in [4.78, 5) is 11.5. The molecule has 5 aromatic rings. The van der Waals surface area contributed by atoms with E-state index < -0.39 is 29.4 Å². The molecule has 200 valence electrons. The van der Waals surface area contributed by atoms with Crippen LogP contribution in [0.3, 0.4) is 0 Å². The number of aromatic nitrogens is 3. The van der Waals surface area contributed by atoms with Crippen molar-refractivity contribution in [3.8, 4) is 22.6 Å². The second kappa shape index (κ2) is 9.16. The lowest BCUT2D eigenvalue weighted by Gasteiger charge is -2.37. The normalized spacial score (nSPS) is 19.6. The Kier molecular flexibility index (Phi) is 5.87. The molecule has 0 bridgehead atoms. The number of halogens is 3. The molecule has 2 atom stereocenters. The number of aromatic carboxylic acids is 1. The monoisotopic (exact) mass is 535 g/mol. The first-order chi connectivity index (χ1) is 18.7. The Labute approximate surface area is 220 Å². The van der Waals surface area contributed by atoms with E-state index in [2.05, 4.69) is 10.2 Å². The Balaban J connectivity index is 1.81. The van der Waals surface area contributed by atoms with E-state index in [9.17, 15) is 19.4 Å². The highest BCUT2D eigenvalue weighted by molar-refractivity contribution is 6.06. The molecule has 2 aromatic heterocycles. The SMILES string of the molecule is COc1cc(-n2c(C3(O)CCCCC3F)c(-c3ccc(C(=O)O)cc3)c3c(F)c4[nH]ncc4cc32)ccc1F. The maximum atomic E-state index is 16.3. The van der Waals surface area contributed by atoms with Crippen molar-refractivity contribution in [1.29, 1.82) is 0 Å². The molecule has 3 aromatic carbocycles. The van der Waals surface area contributed by atoms with Crippen molar-refractivity contribution in [2.45, 2.75) is 37.5 Å². The number of H-pyrrole nitrogens is 1. The van der Waals surface area contributed by atoms with Crippen LogP contribution < -0.4 is 4.74 Å². The summed E-state index contributed by atoms with van der Waals surface area (Å²) in [5.74, 6) is -2.50. The predicted octanol–water partition coefficient (Wildman–Crippen LogP) is 6.26. The van der Waals surface area contributed by atoms with Crippen LogP contribution in [0, 0.1) is 11.6 Å². The van der Waals surface area contributed by atoms with E-state index >= 15 is 8.78 Å². The van der Waals surface area contributed by atoms with Crippen molar-refractivity contribution in [3.63, 3.8) is 0 Å². The zero-order valence-electron chi connectivity index (χ0n) is 20.8. The summed E-state index contributed by atoms with van der Waals surface area (Å²) in [5.41, 5.74) is -0.548. The fourth-order valence-corrected chi connectivity index (χ4v) is 5.71. The summed E-state index contributed by atoms with van der Waals surface area (Å²) in [6.45, 7) is 0. The number of alkyl halides is 1.